The first-order valence-electron chi connectivity index (χ1n) is 6.55. The third-order valence-electron chi connectivity index (χ3n) is 2.70. The number of benzene rings is 1. The summed E-state index contributed by atoms with van der Waals surface area (Å²) in [5.74, 6) is 0.195. The number of aromatic nitrogens is 1. The number of pyridine rings is 1. The highest BCUT2D eigenvalue weighted by Gasteiger charge is 2.03. The van der Waals surface area contributed by atoms with Gasteiger partial charge in [-0.15, -0.1) is 0 Å². The molecule has 1 N–H and O–H groups in total. The molecule has 4 nitrogen and oxygen atoms in total. The zero-order valence-corrected chi connectivity index (χ0v) is 12.3. The summed E-state index contributed by atoms with van der Waals surface area (Å²) in [6.07, 6.45) is 6.49. The Balaban J connectivity index is 1.75. The molecule has 1 aromatic carbocycles. The van der Waals surface area contributed by atoms with Crippen LogP contribution in [-0.2, 0) is 15.6 Å². The van der Waals surface area contributed by atoms with E-state index < -0.39 is 10.8 Å². The van der Waals surface area contributed by atoms with Crippen LogP contribution in [0.25, 0.3) is 6.08 Å². The van der Waals surface area contributed by atoms with Crippen LogP contribution >= 0.6 is 0 Å². The predicted molar refractivity (Wildman–Crippen MR) is 84.0 cm³/mol. The molecule has 108 valence electrons. The fraction of sp³-hybridized carbons (Fsp3) is 0.125. The van der Waals surface area contributed by atoms with Gasteiger partial charge in [0.2, 0.25) is 5.91 Å². The molecule has 0 aliphatic heterocycles. The maximum Gasteiger partial charge on any atom is 0.244 e. The van der Waals surface area contributed by atoms with Gasteiger partial charge >= 0.3 is 0 Å². The average molecular weight is 300 g/mol. The summed E-state index contributed by atoms with van der Waals surface area (Å²) < 4.78 is 11.9. The number of nitrogens with one attached hydrogen (secondary N) is 1. The van der Waals surface area contributed by atoms with Crippen molar-refractivity contribution in [2.45, 2.75) is 4.90 Å². The van der Waals surface area contributed by atoms with Crippen molar-refractivity contribution in [3.63, 3.8) is 0 Å². The molecule has 0 fully saturated rings. The van der Waals surface area contributed by atoms with E-state index in [-0.39, 0.29) is 5.91 Å². The molecule has 0 bridgehead atoms. The molecule has 0 saturated heterocycles. The van der Waals surface area contributed by atoms with Crippen molar-refractivity contribution in [2.75, 3.05) is 12.3 Å². The number of hydrogen-bond donors (Lipinski definition) is 1. The number of rotatable bonds is 6. The lowest BCUT2D eigenvalue weighted by Crippen LogP contribution is -2.25. The van der Waals surface area contributed by atoms with Gasteiger partial charge in [-0.25, -0.2) is 0 Å². The van der Waals surface area contributed by atoms with Gasteiger partial charge in [0.15, 0.2) is 0 Å². The Morgan fingerprint density at radius 3 is 2.71 bits per heavy atom. The summed E-state index contributed by atoms with van der Waals surface area (Å²) in [7, 11) is -1.09. The Bertz CT molecular complexity index is 627. The van der Waals surface area contributed by atoms with Crippen LogP contribution < -0.4 is 5.32 Å². The molecule has 2 rings (SSSR count). The first-order chi connectivity index (χ1) is 10.3. The summed E-state index contributed by atoms with van der Waals surface area (Å²) in [5, 5.41) is 2.71. The maximum atomic E-state index is 11.9. The number of hydrogen-bond acceptors (Lipinski definition) is 3. The number of nitrogens with zero attached hydrogens (tertiary/aromatic N) is 1. The van der Waals surface area contributed by atoms with Gasteiger partial charge in [0.1, 0.15) is 0 Å². The highest BCUT2D eigenvalue weighted by atomic mass is 32.2. The first kappa shape index (κ1) is 15.1. The van der Waals surface area contributed by atoms with Crippen LogP contribution in [0.3, 0.4) is 0 Å². The van der Waals surface area contributed by atoms with E-state index in [1.807, 2.05) is 36.4 Å². The van der Waals surface area contributed by atoms with Crippen molar-refractivity contribution in [1.29, 1.82) is 0 Å². The van der Waals surface area contributed by atoms with Gasteiger partial charge in [-0.1, -0.05) is 24.3 Å². The second-order valence-electron chi connectivity index (χ2n) is 4.27. The minimum Gasteiger partial charge on any atom is -0.352 e. The second kappa shape index (κ2) is 8.11. The quantitative estimate of drug-likeness (QED) is 0.830. The number of amides is 1. The lowest BCUT2D eigenvalue weighted by Gasteiger charge is -2.03. The molecule has 0 spiro atoms. The minimum absolute atomic E-state index is 0.205. The predicted octanol–water partition coefficient (Wildman–Crippen LogP) is 2.02. The molecule has 0 saturated carbocycles. The van der Waals surface area contributed by atoms with Crippen LogP contribution in [0.15, 0.2) is 65.8 Å². The molecule has 1 unspecified atom stereocenters. The zero-order valence-electron chi connectivity index (χ0n) is 11.4. The van der Waals surface area contributed by atoms with Gasteiger partial charge in [0.05, 0.1) is 10.8 Å². The van der Waals surface area contributed by atoms with Crippen molar-refractivity contribution in [2.24, 2.45) is 0 Å². The van der Waals surface area contributed by atoms with Gasteiger partial charge in [-0.3, -0.25) is 14.0 Å². The van der Waals surface area contributed by atoms with Gasteiger partial charge < -0.3 is 5.32 Å². The second-order valence-corrected chi connectivity index (χ2v) is 5.84. The molecule has 1 aromatic heterocycles. The summed E-state index contributed by atoms with van der Waals surface area (Å²) >= 11 is 0. The molecule has 1 heterocycles. The van der Waals surface area contributed by atoms with Crippen molar-refractivity contribution >= 4 is 22.8 Å². The molecule has 21 heavy (non-hydrogen) atoms. The summed E-state index contributed by atoms with van der Waals surface area (Å²) in [6.45, 7) is 0.373. The van der Waals surface area contributed by atoms with Crippen LogP contribution in [0, 0.1) is 0 Å². The van der Waals surface area contributed by atoms with E-state index >= 15 is 0 Å². The zero-order chi connectivity index (χ0) is 14.9. The summed E-state index contributed by atoms with van der Waals surface area (Å²) in [6, 6.07) is 12.9. The molecule has 2 aromatic rings. The molecule has 0 aliphatic rings. The highest BCUT2D eigenvalue weighted by Crippen LogP contribution is 2.04. The lowest BCUT2D eigenvalue weighted by molar-refractivity contribution is -0.116. The fourth-order valence-electron chi connectivity index (χ4n) is 1.66. The molecule has 0 aliphatic carbocycles. The van der Waals surface area contributed by atoms with Gasteiger partial charge in [-0.2, -0.15) is 0 Å². The largest absolute Gasteiger partial charge is 0.352 e. The van der Waals surface area contributed by atoms with Crippen LogP contribution in [-0.4, -0.2) is 27.4 Å². The van der Waals surface area contributed by atoms with E-state index in [1.54, 1.807) is 24.5 Å². The molecule has 5 heteroatoms. The summed E-state index contributed by atoms with van der Waals surface area (Å²) in [4.78, 5) is 16.4. The van der Waals surface area contributed by atoms with Gasteiger partial charge in [-0.05, 0) is 29.8 Å². The SMILES string of the molecule is O=C(/C=C/c1cccnc1)NCCS(=O)c1ccccc1. The van der Waals surface area contributed by atoms with E-state index in [9.17, 15) is 9.00 Å². The number of carbonyl (C=O) groups is 1. The van der Waals surface area contributed by atoms with E-state index in [1.165, 1.54) is 6.08 Å². The summed E-state index contributed by atoms with van der Waals surface area (Å²) in [5.41, 5.74) is 0.862. The Labute approximate surface area is 126 Å². The Morgan fingerprint density at radius 1 is 1.19 bits per heavy atom. The molecular formula is C16H16N2O2S. The topological polar surface area (TPSA) is 59.1 Å². The first-order valence-corrected chi connectivity index (χ1v) is 7.87. The van der Waals surface area contributed by atoms with Crippen LogP contribution in [0.1, 0.15) is 5.56 Å². The van der Waals surface area contributed by atoms with Crippen molar-refractivity contribution in [3.05, 3.63) is 66.5 Å². The van der Waals surface area contributed by atoms with Crippen molar-refractivity contribution < 1.29 is 9.00 Å². The standard InChI is InChI=1S/C16H16N2O2S/c19-16(9-8-14-5-4-10-17-13-14)18-11-12-21(20)15-6-2-1-3-7-15/h1-10,13H,11-12H2,(H,18,19)/b9-8+. The van der Waals surface area contributed by atoms with Crippen molar-refractivity contribution in [1.82, 2.24) is 10.3 Å². The van der Waals surface area contributed by atoms with Gasteiger partial charge in [0.25, 0.3) is 0 Å². The average Bonchev–Trinajstić information content (AvgIpc) is 2.54. The van der Waals surface area contributed by atoms with Crippen LogP contribution in [0.2, 0.25) is 0 Å². The van der Waals surface area contributed by atoms with Crippen LogP contribution in [0.4, 0.5) is 0 Å². The third-order valence-corrected chi connectivity index (χ3v) is 4.08. The van der Waals surface area contributed by atoms with E-state index in [0.717, 1.165) is 10.5 Å². The van der Waals surface area contributed by atoms with Crippen LogP contribution in [0.5, 0.6) is 0 Å². The highest BCUT2D eigenvalue weighted by molar-refractivity contribution is 7.85. The lowest BCUT2D eigenvalue weighted by atomic mass is 10.2. The fourth-order valence-corrected chi connectivity index (χ4v) is 2.65. The Morgan fingerprint density at radius 2 is 2.00 bits per heavy atom. The smallest absolute Gasteiger partial charge is 0.244 e. The molecular weight excluding hydrogens is 284 g/mol. The Kier molecular flexibility index (Phi) is 5.84. The molecule has 1 amide bonds. The molecule has 1 atom stereocenters. The minimum atomic E-state index is -1.09. The Hall–Kier alpha value is -2.27. The third kappa shape index (κ3) is 5.31. The normalized spacial score (nSPS) is 12.2. The monoisotopic (exact) mass is 300 g/mol. The van der Waals surface area contributed by atoms with E-state index in [0.29, 0.717) is 12.3 Å². The van der Waals surface area contributed by atoms with Crippen molar-refractivity contribution in [3.8, 4) is 0 Å². The van der Waals surface area contributed by atoms with E-state index in [2.05, 4.69) is 10.3 Å². The van der Waals surface area contributed by atoms with Gasteiger partial charge in [0, 0.05) is 35.7 Å². The van der Waals surface area contributed by atoms with E-state index in [4.69, 9.17) is 0 Å². The number of carbonyl (C=O) groups excluding carboxylic acids is 1. The maximum absolute atomic E-state index is 11.9. The molecule has 0 radical (unpaired) electrons.